The molecule has 1 aromatic carbocycles. The van der Waals surface area contributed by atoms with Crippen molar-refractivity contribution in [2.24, 2.45) is 0 Å². The van der Waals surface area contributed by atoms with Gasteiger partial charge >= 0.3 is 0 Å². The zero-order valence-corrected chi connectivity index (χ0v) is 19.1. The van der Waals surface area contributed by atoms with Gasteiger partial charge in [0, 0.05) is 25.2 Å². The molecule has 0 atom stereocenters. The number of carbonyl (C=O) groups is 3. The first kappa shape index (κ1) is 24.3. The van der Waals surface area contributed by atoms with Gasteiger partial charge in [0.1, 0.15) is 17.2 Å². The highest BCUT2D eigenvalue weighted by Gasteiger charge is 2.29. The molecule has 0 fully saturated rings. The molecule has 0 aliphatic heterocycles. The van der Waals surface area contributed by atoms with E-state index in [9.17, 15) is 24.6 Å². The van der Waals surface area contributed by atoms with Gasteiger partial charge in [-0.05, 0) is 31.4 Å². The molecule has 2 heterocycles. The van der Waals surface area contributed by atoms with Crippen molar-refractivity contribution < 1.29 is 33.6 Å². The Hall–Kier alpha value is -4.35. The fraction of sp³-hybridized carbons (Fsp3) is 0.318. The molecule has 0 radical (unpaired) electrons. The Morgan fingerprint density at radius 2 is 1.59 bits per heavy atom. The van der Waals surface area contributed by atoms with Gasteiger partial charge in [0.15, 0.2) is 17.1 Å². The molecule has 0 saturated carbocycles. The predicted molar refractivity (Wildman–Crippen MR) is 120 cm³/mol. The van der Waals surface area contributed by atoms with E-state index in [-0.39, 0.29) is 58.1 Å². The summed E-state index contributed by atoms with van der Waals surface area (Å²) >= 11 is 0. The van der Waals surface area contributed by atoms with Crippen LogP contribution in [0.1, 0.15) is 70.7 Å². The SMILES string of the molecule is CCNC(=O)c1cc(C(=O)Nc2c(C(=O)NCC)noc2-c2cc(C(C)C)c(O)cc2O)on1. The number of aromatic hydroxyl groups is 2. The van der Waals surface area contributed by atoms with Gasteiger partial charge in [-0.15, -0.1) is 0 Å². The fourth-order valence-electron chi connectivity index (χ4n) is 3.14. The van der Waals surface area contributed by atoms with Gasteiger partial charge in [-0.1, -0.05) is 24.2 Å². The monoisotopic (exact) mass is 471 g/mol. The molecule has 3 rings (SSSR count). The van der Waals surface area contributed by atoms with Crippen LogP contribution in [0.2, 0.25) is 0 Å². The highest BCUT2D eigenvalue weighted by Crippen LogP contribution is 2.41. The molecule has 0 saturated heterocycles. The average molecular weight is 471 g/mol. The van der Waals surface area contributed by atoms with Crippen LogP contribution in [0.5, 0.6) is 11.5 Å². The summed E-state index contributed by atoms with van der Waals surface area (Å²) in [5, 5.41) is 35.5. The van der Waals surface area contributed by atoms with E-state index in [0.29, 0.717) is 12.1 Å². The molecule has 34 heavy (non-hydrogen) atoms. The van der Waals surface area contributed by atoms with E-state index in [2.05, 4.69) is 26.3 Å². The summed E-state index contributed by atoms with van der Waals surface area (Å²) in [7, 11) is 0. The summed E-state index contributed by atoms with van der Waals surface area (Å²) in [4.78, 5) is 37.3. The zero-order chi connectivity index (χ0) is 25.0. The van der Waals surface area contributed by atoms with E-state index >= 15 is 0 Å². The van der Waals surface area contributed by atoms with E-state index in [0.717, 1.165) is 12.1 Å². The van der Waals surface area contributed by atoms with Crippen molar-refractivity contribution in [3.63, 3.8) is 0 Å². The number of phenols is 2. The van der Waals surface area contributed by atoms with Crippen LogP contribution < -0.4 is 16.0 Å². The van der Waals surface area contributed by atoms with Crippen molar-refractivity contribution in [2.45, 2.75) is 33.6 Å². The molecule has 0 bridgehead atoms. The molecular formula is C22H25N5O7. The molecule has 0 aliphatic carbocycles. The van der Waals surface area contributed by atoms with Crippen LogP contribution >= 0.6 is 0 Å². The van der Waals surface area contributed by atoms with Crippen molar-refractivity contribution in [2.75, 3.05) is 18.4 Å². The number of anilines is 1. The molecule has 12 nitrogen and oxygen atoms in total. The van der Waals surface area contributed by atoms with Crippen molar-refractivity contribution in [1.29, 1.82) is 0 Å². The number of rotatable bonds is 8. The third kappa shape index (κ3) is 4.85. The first-order valence-corrected chi connectivity index (χ1v) is 10.6. The molecule has 0 spiro atoms. The average Bonchev–Trinajstić information content (AvgIpc) is 3.42. The van der Waals surface area contributed by atoms with Crippen molar-refractivity contribution in [1.82, 2.24) is 20.9 Å². The van der Waals surface area contributed by atoms with Crippen molar-refractivity contribution >= 4 is 23.4 Å². The first-order chi connectivity index (χ1) is 16.2. The Bertz CT molecular complexity index is 1230. The quantitative estimate of drug-likeness (QED) is 0.330. The van der Waals surface area contributed by atoms with Crippen LogP contribution in [-0.4, -0.2) is 51.3 Å². The number of amides is 3. The van der Waals surface area contributed by atoms with Crippen LogP contribution in [-0.2, 0) is 0 Å². The largest absolute Gasteiger partial charge is 0.508 e. The molecule has 12 heteroatoms. The van der Waals surface area contributed by atoms with Crippen molar-refractivity contribution in [3.05, 3.63) is 40.9 Å². The fourth-order valence-corrected chi connectivity index (χ4v) is 3.14. The molecule has 3 amide bonds. The van der Waals surface area contributed by atoms with E-state index in [4.69, 9.17) is 9.05 Å². The Labute approximate surface area is 194 Å². The number of benzene rings is 1. The third-order valence-electron chi connectivity index (χ3n) is 4.80. The predicted octanol–water partition coefficient (Wildman–Crippen LogP) is 2.62. The zero-order valence-electron chi connectivity index (χ0n) is 19.1. The van der Waals surface area contributed by atoms with Crippen LogP contribution in [0.25, 0.3) is 11.3 Å². The number of nitrogens with zero attached hydrogens (tertiary/aromatic N) is 2. The maximum absolute atomic E-state index is 12.9. The lowest BCUT2D eigenvalue weighted by atomic mass is 9.97. The minimum Gasteiger partial charge on any atom is -0.508 e. The lowest BCUT2D eigenvalue weighted by Crippen LogP contribution is -2.25. The van der Waals surface area contributed by atoms with Crippen LogP contribution in [0.3, 0.4) is 0 Å². The Morgan fingerprint density at radius 3 is 2.24 bits per heavy atom. The Balaban J connectivity index is 2.05. The summed E-state index contributed by atoms with van der Waals surface area (Å²) in [5.74, 6) is -2.97. The topological polar surface area (TPSA) is 180 Å². The number of hydrogen-bond acceptors (Lipinski definition) is 9. The number of nitrogens with one attached hydrogen (secondary N) is 3. The van der Waals surface area contributed by atoms with E-state index in [1.54, 1.807) is 13.8 Å². The first-order valence-electron chi connectivity index (χ1n) is 10.6. The van der Waals surface area contributed by atoms with Gasteiger partial charge < -0.3 is 35.2 Å². The van der Waals surface area contributed by atoms with Crippen LogP contribution in [0.15, 0.2) is 27.2 Å². The van der Waals surface area contributed by atoms with Gasteiger partial charge in [-0.25, -0.2) is 0 Å². The number of carbonyl (C=O) groups excluding carboxylic acids is 3. The molecule has 5 N–H and O–H groups in total. The smallest absolute Gasteiger partial charge is 0.294 e. The third-order valence-corrected chi connectivity index (χ3v) is 4.80. The maximum atomic E-state index is 12.9. The van der Waals surface area contributed by atoms with E-state index < -0.39 is 17.7 Å². The second kappa shape index (κ2) is 10.1. The van der Waals surface area contributed by atoms with Gasteiger partial charge in [-0.2, -0.15) is 0 Å². The summed E-state index contributed by atoms with van der Waals surface area (Å²) in [6, 6.07) is 3.77. The summed E-state index contributed by atoms with van der Waals surface area (Å²) in [6.07, 6.45) is 0. The lowest BCUT2D eigenvalue weighted by molar-refractivity contribution is 0.0935. The summed E-state index contributed by atoms with van der Waals surface area (Å²) in [6.45, 7) is 7.77. The Kier molecular flexibility index (Phi) is 7.19. The van der Waals surface area contributed by atoms with Crippen molar-refractivity contribution in [3.8, 4) is 22.8 Å². The number of aromatic nitrogens is 2. The molecular weight excluding hydrogens is 446 g/mol. The molecule has 180 valence electrons. The molecule has 3 aromatic rings. The van der Waals surface area contributed by atoms with Crippen LogP contribution in [0.4, 0.5) is 5.69 Å². The summed E-state index contributed by atoms with van der Waals surface area (Å²) < 4.78 is 10.3. The summed E-state index contributed by atoms with van der Waals surface area (Å²) in [5.41, 5.74) is 0.123. The van der Waals surface area contributed by atoms with Gasteiger partial charge in [0.05, 0.1) is 5.56 Å². The Morgan fingerprint density at radius 1 is 0.912 bits per heavy atom. The molecule has 2 aromatic heterocycles. The molecule has 0 aliphatic rings. The van der Waals surface area contributed by atoms with E-state index in [1.807, 2.05) is 13.8 Å². The normalized spacial score (nSPS) is 10.9. The second-order valence-corrected chi connectivity index (χ2v) is 7.57. The lowest BCUT2D eigenvalue weighted by Gasteiger charge is -2.12. The van der Waals surface area contributed by atoms with E-state index in [1.165, 1.54) is 6.07 Å². The minimum absolute atomic E-state index is 0.0976. The van der Waals surface area contributed by atoms with Gasteiger partial charge in [-0.3, -0.25) is 14.4 Å². The highest BCUT2D eigenvalue weighted by atomic mass is 16.5. The highest BCUT2D eigenvalue weighted by molar-refractivity contribution is 6.10. The maximum Gasteiger partial charge on any atom is 0.294 e. The van der Waals surface area contributed by atoms with Crippen LogP contribution in [0, 0.1) is 0 Å². The van der Waals surface area contributed by atoms with Gasteiger partial charge in [0.25, 0.3) is 17.7 Å². The number of hydrogen-bond donors (Lipinski definition) is 5. The molecule has 0 unspecified atom stereocenters. The van der Waals surface area contributed by atoms with Gasteiger partial charge in [0.2, 0.25) is 5.76 Å². The number of phenolic OH excluding ortho intramolecular Hbond substituents is 2. The second-order valence-electron chi connectivity index (χ2n) is 7.57. The minimum atomic E-state index is -0.833. The standard InChI is InChI=1S/C22H25N5O7/c1-5-23-20(30)13-8-16(33-26-13)21(31)25-17-18(22(32)24-6-2)27-34-19(17)12-7-11(10(3)4)14(28)9-15(12)29/h7-10,28-29H,5-6H2,1-4H3,(H,23,30)(H,24,32)(H,25,31).